The number of hydrogen-bond acceptors (Lipinski definition) is 4. The summed E-state index contributed by atoms with van der Waals surface area (Å²) in [5.74, 6) is 5.73. The van der Waals surface area contributed by atoms with E-state index in [2.05, 4.69) is 10.4 Å². The molecule has 2 aromatic carbocycles. The van der Waals surface area contributed by atoms with E-state index in [-0.39, 0.29) is 18.5 Å². The molecule has 1 aliphatic rings. The molecule has 0 spiro atoms. The number of fused-ring (bicyclic) bond motifs is 1. The smallest absolute Gasteiger partial charge is 0.253 e. The van der Waals surface area contributed by atoms with Crippen LogP contribution < -0.4 is 11.3 Å². The second kappa shape index (κ2) is 6.40. The van der Waals surface area contributed by atoms with Gasteiger partial charge < -0.3 is 4.90 Å². The maximum atomic E-state index is 11.8. The third-order valence-electron chi connectivity index (χ3n) is 3.89. The Kier molecular flexibility index (Phi) is 4.32. The summed E-state index contributed by atoms with van der Waals surface area (Å²) in [7, 11) is 0. The molecule has 23 heavy (non-hydrogen) atoms. The SMILES string of the molecule is CC1=Nc2cc(Cl)ccc2[C@@H](c2ccccc2)N1CC(=O)NN. The fourth-order valence-corrected chi connectivity index (χ4v) is 3.01. The number of hydrogen-bond donors (Lipinski definition) is 2. The molecule has 0 saturated heterocycles. The zero-order valence-electron chi connectivity index (χ0n) is 12.7. The minimum absolute atomic E-state index is 0.113. The molecule has 0 radical (unpaired) electrons. The fraction of sp³-hybridized carbons (Fsp3) is 0.176. The van der Waals surface area contributed by atoms with E-state index in [0.717, 1.165) is 22.6 Å². The number of nitrogens with zero attached hydrogens (tertiary/aromatic N) is 2. The fourth-order valence-electron chi connectivity index (χ4n) is 2.84. The first-order valence-corrected chi connectivity index (χ1v) is 7.63. The van der Waals surface area contributed by atoms with Gasteiger partial charge in [-0.2, -0.15) is 0 Å². The van der Waals surface area contributed by atoms with Crippen molar-refractivity contribution in [1.29, 1.82) is 0 Å². The normalized spacial score (nSPS) is 16.6. The van der Waals surface area contributed by atoms with Gasteiger partial charge in [-0.05, 0) is 24.6 Å². The number of amidine groups is 1. The van der Waals surface area contributed by atoms with Crippen LogP contribution in [0.2, 0.25) is 5.02 Å². The molecule has 3 rings (SSSR count). The van der Waals surface area contributed by atoms with E-state index in [9.17, 15) is 4.79 Å². The Morgan fingerprint density at radius 3 is 2.74 bits per heavy atom. The van der Waals surface area contributed by atoms with E-state index in [0.29, 0.717) is 5.02 Å². The lowest BCUT2D eigenvalue weighted by molar-refractivity contribution is -0.121. The lowest BCUT2D eigenvalue weighted by atomic mass is 9.94. The van der Waals surface area contributed by atoms with Gasteiger partial charge in [-0.15, -0.1) is 0 Å². The maximum absolute atomic E-state index is 11.8. The molecule has 1 atom stereocenters. The van der Waals surface area contributed by atoms with Crippen LogP contribution in [0.4, 0.5) is 5.69 Å². The number of amides is 1. The average Bonchev–Trinajstić information content (AvgIpc) is 2.56. The highest BCUT2D eigenvalue weighted by Crippen LogP contribution is 2.40. The van der Waals surface area contributed by atoms with Gasteiger partial charge in [0.05, 0.1) is 11.7 Å². The zero-order valence-corrected chi connectivity index (χ0v) is 13.4. The Hall–Kier alpha value is -2.37. The van der Waals surface area contributed by atoms with Gasteiger partial charge in [0.25, 0.3) is 5.91 Å². The molecule has 0 aliphatic carbocycles. The Balaban J connectivity index is 2.12. The van der Waals surface area contributed by atoms with Gasteiger partial charge in [-0.25, -0.2) is 10.8 Å². The van der Waals surface area contributed by atoms with E-state index in [1.165, 1.54) is 0 Å². The lowest BCUT2D eigenvalue weighted by Gasteiger charge is -2.37. The summed E-state index contributed by atoms with van der Waals surface area (Å²) in [6, 6.07) is 15.5. The van der Waals surface area contributed by atoms with Crippen molar-refractivity contribution in [1.82, 2.24) is 10.3 Å². The summed E-state index contributed by atoms with van der Waals surface area (Å²) < 4.78 is 0. The number of halogens is 1. The van der Waals surface area contributed by atoms with Gasteiger partial charge in [-0.1, -0.05) is 48.0 Å². The van der Waals surface area contributed by atoms with E-state index >= 15 is 0 Å². The van der Waals surface area contributed by atoms with Crippen molar-refractivity contribution in [3.8, 4) is 0 Å². The maximum Gasteiger partial charge on any atom is 0.253 e. The number of aliphatic imine (C=N–C) groups is 1. The van der Waals surface area contributed by atoms with Crippen LogP contribution in [0.5, 0.6) is 0 Å². The van der Waals surface area contributed by atoms with E-state index < -0.39 is 0 Å². The molecule has 0 unspecified atom stereocenters. The van der Waals surface area contributed by atoms with E-state index in [1.807, 2.05) is 60.4 Å². The van der Waals surface area contributed by atoms with Crippen LogP contribution in [0.25, 0.3) is 0 Å². The molecule has 6 heteroatoms. The molecular weight excluding hydrogens is 312 g/mol. The van der Waals surface area contributed by atoms with Gasteiger partial charge in [-0.3, -0.25) is 10.2 Å². The first kappa shape index (κ1) is 15.5. The molecule has 0 saturated carbocycles. The van der Waals surface area contributed by atoms with Crippen LogP contribution in [0.1, 0.15) is 24.1 Å². The van der Waals surface area contributed by atoms with E-state index in [1.54, 1.807) is 0 Å². The lowest BCUT2D eigenvalue weighted by Crippen LogP contribution is -2.45. The molecule has 0 aromatic heterocycles. The molecule has 5 nitrogen and oxygen atoms in total. The van der Waals surface area contributed by atoms with Crippen molar-refractivity contribution in [2.45, 2.75) is 13.0 Å². The predicted molar refractivity (Wildman–Crippen MR) is 91.5 cm³/mol. The van der Waals surface area contributed by atoms with Crippen molar-refractivity contribution in [3.63, 3.8) is 0 Å². The molecule has 3 N–H and O–H groups in total. The Bertz CT molecular complexity index is 760. The topological polar surface area (TPSA) is 70.7 Å². The van der Waals surface area contributed by atoms with Crippen LogP contribution in [0.15, 0.2) is 53.5 Å². The van der Waals surface area contributed by atoms with Crippen LogP contribution >= 0.6 is 11.6 Å². The minimum Gasteiger partial charge on any atom is -0.340 e. The molecule has 1 aliphatic heterocycles. The molecule has 1 amide bonds. The summed E-state index contributed by atoms with van der Waals surface area (Å²) in [6.45, 7) is 2.01. The summed E-state index contributed by atoms with van der Waals surface area (Å²) in [6.07, 6.45) is 0. The number of rotatable bonds is 3. The van der Waals surface area contributed by atoms with Crippen molar-refractivity contribution >= 4 is 29.0 Å². The minimum atomic E-state index is -0.266. The number of hydrazine groups is 1. The highest BCUT2D eigenvalue weighted by molar-refractivity contribution is 6.30. The van der Waals surface area contributed by atoms with Gasteiger partial charge in [0.2, 0.25) is 0 Å². The third-order valence-corrected chi connectivity index (χ3v) is 4.12. The number of carbonyl (C=O) groups is 1. The van der Waals surface area contributed by atoms with Gasteiger partial charge in [0.15, 0.2) is 0 Å². The molecule has 0 fully saturated rings. The Labute approximate surface area is 139 Å². The summed E-state index contributed by atoms with van der Waals surface area (Å²) >= 11 is 6.10. The third kappa shape index (κ3) is 3.06. The number of benzene rings is 2. The van der Waals surface area contributed by atoms with Gasteiger partial charge in [0, 0.05) is 10.6 Å². The van der Waals surface area contributed by atoms with E-state index in [4.69, 9.17) is 17.4 Å². The Morgan fingerprint density at radius 2 is 2.04 bits per heavy atom. The predicted octanol–water partition coefficient (Wildman–Crippen LogP) is 2.78. The summed E-state index contributed by atoms with van der Waals surface area (Å²) in [5.41, 5.74) is 5.10. The number of carbonyl (C=O) groups excluding carboxylic acids is 1. The van der Waals surface area contributed by atoms with Crippen LogP contribution in [-0.2, 0) is 4.79 Å². The second-order valence-electron chi connectivity index (χ2n) is 5.37. The van der Waals surface area contributed by atoms with Crippen molar-refractivity contribution < 1.29 is 4.79 Å². The van der Waals surface area contributed by atoms with Crippen LogP contribution in [0.3, 0.4) is 0 Å². The van der Waals surface area contributed by atoms with Crippen molar-refractivity contribution in [3.05, 3.63) is 64.7 Å². The second-order valence-corrected chi connectivity index (χ2v) is 5.81. The van der Waals surface area contributed by atoms with Crippen molar-refractivity contribution in [2.24, 2.45) is 10.8 Å². The summed E-state index contributed by atoms with van der Waals surface area (Å²) in [4.78, 5) is 18.3. The molecule has 2 aromatic rings. The molecule has 118 valence electrons. The van der Waals surface area contributed by atoms with Crippen LogP contribution in [-0.4, -0.2) is 23.2 Å². The monoisotopic (exact) mass is 328 g/mol. The average molecular weight is 329 g/mol. The van der Waals surface area contributed by atoms with Gasteiger partial charge >= 0.3 is 0 Å². The highest BCUT2D eigenvalue weighted by Gasteiger charge is 2.30. The van der Waals surface area contributed by atoms with Crippen LogP contribution in [0, 0.1) is 0 Å². The number of nitrogens with two attached hydrogens (primary N) is 1. The molecule has 0 bridgehead atoms. The zero-order chi connectivity index (χ0) is 16.4. The first-order valence-electron chi connectivity index (χ1n) is 7.26. The highest BCUT2D eigenvalue weighted by atomic mass is 35.5. The summed E-state index contributed by atoms with van der Waals surface area (Å²) in [5, 5.41) is 0.639. The first-order chi connectivity index (χ1) is 11.1. The standard InChI is InChI=1S/C17H17ClN4O/c1-11-20-15-9-13(18)7-8-14(15)17(12-5-3-2-4-6-12)22(11)10-16(23)21-19/h2-9,17H,10,19H2,1H3,(H,21,23)/t17-/m1/s1. The van der Waals surface area contributed by atoms with Gasteiger partial charge in [0.1, 0.15) is 12.4 Å². The van der Waals surface area contributed by atoms with Crippen molar-refractivity contribution in [2.75, 3.05) is 6.54 Å². The Morgan fingerprint density at radius 1 is 1.30 bits per heavy atom. The molecule has 1 heterocycles. The largest absolute Gasteiger partial charge is 0.340 e. The molecular formula is C17H17ClN4O. The quantitative estimate of drug-likeness (QED) is 0.517. The number of nitrogens with one attached hydrogen (secondary N) is 1.